The van der Waals surface area contributed by atoms with Gasteiger partial charge in [-0.15, -0.1) is 0 Å². The van der Waals surface area contributed by atoms with Crippen LogP contribution in [0, 0.1) is 25.7 Å². The molecule has 0 bridgehead atoms. The van der Waals surface area contributed by atoms with Crippen LogP contribution in [0.1, 0.15) is 44.0 Å². The van der Waals surface area contributed by atoms with Crippen LogP contribution in [0.2, 0.25) is 0 Å². The number of aryl methyl sites for hydroxylation is 2. The summed E-state index contributed by atoms with van der Waals surface area (Å²) in [5, 5.41) is 0. The van der Waals surface area contributed by atoms with Gasteiger partial charge in [0.25, 0.3) is 0 Å². The fourth-order valence-corrected chi connectivity index (χ4v) is 5.08. The number of piperidine rings is 2. The molecule has 2 aliphatic heterocycles. The summed E-state index contributed by atoms with van der Waals surface area (Å²) in [6, 6.07) is 8.34. The van der Waals surface area contributed by atoms with Gasteiger partial charge >= 0.3 is 5.97 Å². The molecule has 4 rings (SSSR count). The van der Waals surface area contributed by atoms with Crippen LogP contribution >= 0.6 is 0 Å². The number of aromatic nitrogens is 2. The summed E-state index contributed by atoms with van der Waals surface area (Å²) >= 11 is 0. The number of nitrogens with zero attached hydrogens (tertiary/aromatic N) is 4. The third-order valence-electron chi connectivity index (χ3n) is 6.77. The van der Waals surface area contributed by atoms with E-state index in [1.54, 1.807) is 0 Å². The molecule has 172 valence electrons. The summed E-state index contributed by atoms with van der Waals surface area (Å²) in [5.74, 6) is 0.822. The lowest BCUT2D eigenvalue weighted by Crippen LogP contribution is -2.47. The minimum absolute atomic E-state index is 0.00871. The van der Waals surface area contributed by atoms with E-state index >= 15 is 0 Å². The minimum Gasteiger partial charge on any atom is -0.466 e. The van der Waals surface area contributed by atoms with Crippen LogP contribution in [-0.2, 0) is 14.3 Å². The topological polar surface area (TPSA) is 67.7 Å². The summed E-state index contributed by atoms with van der Waals surface area (Å²) in [5.41, 5.74) is 3.46. The molecule has 2 aliphatic rings. The number of carbonyl (C=O) groups excluding carboxylic acids is 2. The summed E-state index contributed by atoms with van der Waals surface area (Å²) in [6.45, 7) is 9.26. The summed E-state index contributed by atoms with van der Waals surface area (Å²) in [7, 11) is 0. The molecule has 0 aliphatic carbocycles. The Bertz CT molecular complexity index is 942. The Morgan fingerprint density at radius 3 is 2.44 bits per heavy atom. The van der Waals surface area contributed by atoms with E-state index in [0.717, 1.165) is 56.8 Å². The average Bonchev–Trinajstić information content (AvgIpc) is 3.16. The molecule has 0 spiro atoms. The van der Waals surface area contributed by atoms with E-state index in [1.165, 1.54) is 11.4 Å². The van der Waals surface area contributed by atoms with Crippen molar-refractivity contribution in [3.63, 3.8) is 0 Å². The molecule has 32 heavy (non-hydrogen) atoms. The number of ether oxygens (including phenoxy) is 1. The number of carbonyl (C=O) groups is 2. The number of rotatable bonds is 5. The zero-order valence-corrected chi connectivity index (χ0v) is 19.4. The van der Waals surface area contributed by atoms with Gasteiger partial charge in [-0.2, -0.15) is 0 Å². The summed E-state index contributed by atoms with van der Waals surface area (Å²) in [4.78, 5) is 34.2. The van der Waals surface area contributed by atoms with Gasteiger partial charge in [0.2, 0.25) is 5.91 Å². The molecule has 2 saturated heterocycles. The number of esters is 1. The minimum atomic E-state index is -0.183. The van der Waals surface area contributed by atoms with Crippen molar-refractivity contribution in [3.05, 3.63) is 41.9 Å². The third-order valence-corrected chi connectivity index (χ3v) is 6.77. The highest BCUT2D eigenvalue weighted by atomic mass is 16.5. The molecular formula is C25H34N4O3. The Balaban J connectivity index is 1.41. The number of amides is 1. The van der Waals surface area contributed by atoms with Gasteiger partial charge in [-0.05, 0) is 70.7 Å². The molecule has 7 heteroatoms. The summed E-state index contributed by atoms with van der Waals surface area (Å²) in [6.07, 6.45) is 5.12. The van der Waals surface area contributed by atoms with Crippen LogP contribution in [-0.4, -0.2) is 59.1 Å². The Morgan fingerprint density at radius 1 is 1.03 bits per heavy atom. The van der Waals surface area contributed by atoms with E-state index in [9.17, 15) is 9.59 Å². The standard InChI is InChI=1S/C25H34N4O3/c1-4-32-25(31)21-7-6-14-28(17-21)24(30)20-11-15-27(16-12-20)23-22(8-5-13-26-23)29-18(2)9-10-19(29)3/h5,8-10,13,20-21H,4,6-7,11-12,14-17H2,1-3H3/t21-/m0/s1. The second-order valence-corrected chi connectivity index (χ2v) is 8.93. The van der Waals surface area contributed by atoms with Gasteiger partial charge in [-0.25, -0.2) is 4.98 Å². The first kappa shape index (κ1) is 22.4. The number of likely N-dealkylation sites (tertiary alicyclic amines) is 1. The molecule has 0 N–H and O–H groups in total. The van der Waals surface area contributed by atoms with Gasteiger partial charge < -0.3 is 19.1 Å². The van der Waals surface area contributed by atoms with Crippen LogP contribution in [0.25, 0.3) is 5.69 Å². The number of pyridine rings is 1. The Hall–Kier alpha value is -2.83. The molecule has 0 unspecified atom stereocenters. The van der Waals surface area contributed by atoms with E-state index in [-0.39, 0.29) is 23.7 Å². The lowest BCUT2D eigenvalue weighted by atomic mass is 9.92. The lowest BCUT2D eigenvalue weighted by Gasteiger charge is -2.38. The maximum Gasteiger partial charge on any atom is 0.310 e. The number of anilines is 1. The maximum absolute atomic E-state index is 13.2. The molecule has 2 fully saturated rings. The van der Waals surface area contributed by atoms with Crippen LogP contribution < -0.4 is 4.90 Å². The van der Waals surface area contributed by atoms with Crippen LogP contribution in [0.4, 0.5) is 5.82 Å². The first-order valence-corrected chi connectivity index (χ1v) is 11.8. The van der Waals surface area contributed by atoms with Crippen molar-refractivity contribution in [2.24, 2.45) is 11.8 Å². The number of hydrogen-bond acceptors (Lipinski definition) is 5. The van der Waals surface area contributed by atoms with Crippen molar-refractivity contribution in [2.75, 3.05) is 37.7 Å². The first-order chi connectivity index (χ1) is 15.5. The maximum atomic E-state index is 13.2. The fourth-order valence-electron chi connectivity index (χ4n) is 5.08. The predicted octanol–water partition coefficient (Wildman–Crippen LogP) is 3.51. The molecule has 1 atom stereocenters. The SMILES string of the molecule is CCOC(=O)[C@H]1CCCN(C(=O)C2CCN(c3ncccc3-n3c(C)ccc3C)CC2)C1. The number of hydrogen-bond donors (Lipinski definition) is 0. The molecule has 2 aromatic rings. The van der Waals surface area contributed by atoms with Gasteiger partial charge in [0.05, 0.1) is 18.2 Å². The highest BCUT2D eigenvalue weighted by Crippen LogP contribution is 2.30. The van der Waals surface area contributed by atoms with Crippen LogP contribution in [0.15, 0.2) is 30.5 Å². The van der Waals surface area contributed by atoms with E-state index < -0.39 is 0 Å². The van der Waals surface area contributed by atoms with Crippen LogP contribution in [0.3, 0.4) is 0 Å². The van der Waals surface area contributed by atoms with Gasteiger partial charge in [0.1, 0.15) is 0 Å². The second-order valence-electron chi connectivity index (χ2n) is 8.93. The van der Waals surface area contributed by atoms with Gasteiger partial charge in [0, 0.05) is 49.7 Å². The zero-order valence-electron chi connectivity index (χ0n) is 19.4. The Labute approximate surface area is 190 Å². The third kappa shape index (κ3) is 4.52. The van der Waals surface area contributed by atoms with Crippen molar-refractivity contribution in [3.8, 4) is 5.69 Å². The van der Waals surface area contributed by atoms with Crippen LogP contribution in [0.5, 0.6) is 0 Å². The average molecular weight is 439 g/mol. The molecule has 4 heterocycles. The normalized spacial score (nSPS) is 19.8. The Morgan fingerprint density at radius 2 is 1.75 bits per heavy atom. The molecule has 0 radical (unpaired) electrons. The quantitative estimate of drug-likeness (QED) is 0.669. The monoisotopic (exact) mass is 438 g/mol. The van der Waals surface area contributed by atoms with E-state index in [2.05, 4.69) is 41.5 Å². The molecule has 2 aromatic heterocycles. The van der Waals surface area contributed by atoms with Gasteiger partial charge in [-0.1, -0.05) is 0 Å². The molecule has 0 aromatic carbocycles. The molecule has 7 nitrogen and oxygen atoms in total. The smallest absolute Gasteiger partial charge is 0.310 e. The van der Waals surface area contributed by atoms with Crippen molar-refractivity contribution in [1.82, 2.24) is 14.5 Å². The first-order valence-electron chi connectivity index (χ1n) is 11.8. The van der Waals surface area contributed by atoms with Gasteiger partial charge in [-0.3, -0.25) is 9.59 Å². The van der Waals surface area contributed by atoms with Crippen molar-refractivity contribution < 1.29 is 14.3 Å². The van der Waals surface area contributed by atoms with Gasteiger partial charge in [0.15, 0.2) is 5.82 Å². The fraction of sp³-hybridized carbons (Fsp3) is 0.560. The van der Waals surface area contributed by atoms with E-state index in [4.69, 9.17) is 9.72 Å². The van der Waals surface area contributed by atoms with Crippen molar-refractivity contribution in [2.45, 2.75) is 46.5 Å². The van der Waals surface area contributed by atoms with Crippen molar-refractivity contribution >= 4 is 17.7 Å². The zero-order chi connectivity index (χ0) is 22.7. The van der Waals surface area contributed by atoms with E-state index in [1.807, 2.05) is 24.1 Å². The summed E-state index contributed by atoms with van der Waals surface area (Å²) < 4.78 is 7.42. The molecule has 0 saturated carbocycles. The Kier molecular flexibility index (Phi) is 6.82. The van der Waals surface area contributed by atoms with Crippen molar-refractivity contribution in [1.29, 1.82) is 0 Å². The largest absolute Gasteiger partial charge is 0.466 e. The lowest BCUT2D eigenvalue weighted by molar-refractivity contribution is -0.152. The predicted molar refractivity (Wildman–Crippen MR) is 124 cm³/mol. The molecule has 1 amide bonds. The van der Waals surface area contributed by atoms with E-state index in [0.29, 0.717) is 13.2 Å². The highest BCUT2D eigenvalue weighted by Gasteiger charge is 2.34. The highest BCUT2D eigenvalue weighted by molar-refractivity contribution is 5.81. The second kappa shape index (κ2) is 9.76. The molecular weight excluding hydrogens is 404 g/mol.